The number of hydrogen-bond donors (Lipinski definition) is 0. The zero-order valence-corrected chi connectivity index (χ0v) is 8.82. The van der Waals surface area contributed by atoms with Crippen molar-refractivity contribution in [3.63, 3.8) is 0 Å². The lowest BCUT2D eigenvalue weighted by molar-refractivity contribution is 0.595. The standard InChI is InChI=1S/C14H4F4/c15-9-5-1-3-7-11(9)14(18)8-4-2-6-10(16)12(8)13(7)17/h1-4H. The van der Waals surface area contributed by atoms with Crippen molar-refractivity contribution >= 4 is 21.5 Å². The van der Waals surface area contributed by atoms with Crippen molar-refractivity contribution in [3.8, 4) is 0 Å². The van der Waals surface area contributed by atoms with Gasteiger partial charge in [0.2, 0.25) is 0 Å². The van der Waals surface area contributed by atoms with E-state index in [0.29, 0.717) is 0 Å². The lowest BCUT2D eigenvalue weighted by atomic mass is 10.0. The van der Waals surface area contributed by atoms with E-state index in [1.807, 2.05) is 0 Å². The summed E-state index contributed by atoms with van der Waals surface area (Å²) in [7, 11) is 0. The first-order chi connectivity index (χ1) is 8.61. The van der Waals surface area contributed by atoms with Crippen LogP contribution in [-0.2, 0) is 0 Å². The Morgan fingerprint density at radius 2 is 1.06 bits per heavy atom. The zero-order valence-electron chi connectivity index (χ0n) is 8.82. The van der Waals surface area contributed by atoms with E-state index < -0.39 is 34.0 Å². The predicted molar refractivity (Wildman–Crippen MR) is 59.0 cm³/mol. The van der Waals surface area contributed by atoms with Crippen LogP contribution < -0.4 is 0 Å². The summed E-state index contributed by atoms with van der Waals surface area (Å²) in [4.78, 5) is 0. The Labute approximate surface area is 99.5 Å². The Morgan fingerprint density at radius 3 is 1.44 bits per heavy atom. The van der Waals surface area contributed by atoms with Gasteiger partial charge < -0.3 is 0 Å². The SMILES string of the molecule is Fc1[c]ccc2c(F)c3c(F)[c]ccc3c(F)c12. The van der Waals surface area contributed by atoms with E-state index in [1.54, 1.807) is 0 Å². The monoisotopic (exact) mass is 248 g/mol. The Morgan fingerprint density at radius 1 is 0.667 bits per heavy atom. The third-order valence-electron chi connectivity index (χ3n) is 2.81. The average Bonchev–Trinajstić information content (AvgIpc) is 2.35. The van der Waals surface area contributed by atoms with Gasteiger partial charge in [-0.3, -0.25) is 0 Å². The molecule has 0 N–H and O–H groups in total. The first-order valence-electron chi connectivity index (χ1n) is 5.08. The molecule has 0 amide bonds. The fourth-order valence-electron chi connectivity index (χ4n) is 2.01. The zero-order chi connectivity index (χ0) is 12.9. The van der Waals surface area contributed by atoms with Crippen LogP contribution in [0.3, 0.4) is 0 Å². The van der Waals surface area contributed by atoms with Crippen molar-refractivity contribution in [2.75, 3.05) is 0 Å². The van der Waals surface area contributed by atoms with E-state index in [1.165, 1.54) is 0 Å². The van der Waals surface area contributed by atoms with Gasteiger partial charge in [0.25, 0.3) is 0 Å². The summed E-state index contributed by atoms with van der Waals surface area (Å²) < 4.78 is 55.1. The van der Waals surface area contributed by atoms with E-state index in [-0.39, 0.29) is 10.8 Å². The second kappa shape index (κ2) is 3.70. The van der Waals surface area contributed by atoms with Crippen molar-refractivity contribution in [2.24, 2.45) is 0 Å². The summed E-state index contributed by atoms with van der Waals surface area (Å²) in [6.45, 7) is 0. The molecule has 0 aliphatic rings. The lowest BCUT2D eigenvalue weighted by Crippen LogP contribution is -1.94. The third kappa shape index (κ3) is 1.32. The number of halogens is 4. The summed E-state index contributed by atoms with van der Waals surface area (Å²) in [5, 5.41) is -1.66. The highest BCUT2D eigenvalue weighted by Gasteiger charge is 2.19. The molecule has 0 heterocycles. The maximum atomic E-state index is 14.1. The molecular weight excluding hydrogens is 244 g/mol. The van der Waals surface area contributed by atoms with Gasteiger partial charge in [0.1, 0.15) is 23.3 Å². The van der Waals surface area contributed by atoms with Gasteiger partial charge in [0.15, 0.2) is 0 Å². The topological polar surface area (TPSA) is 0 Å². The Bertz CT molecular complexity index is 710. The molecule has 0 fully saturated rings. The first kappa shape index (κ1) is 11.0. The number of benzene rings is 3. The van der Waals surface area contributed by atoms with Crippen LogP contribution in [0.2, 0.25) is 0 Å². The molecule has 4 heteroatoms. The highest BCUT2D eigenvalue weighted by Crippen LogP contribution is 2.33. The molecule has 0 bridgehead atoms. The van der Waals surface area contributed by atoms with Gasteiger partial charge in [-0.15, -0.1) is 0 Å². The average molecular weight is 248 g/mol. The fourth-order valence-corrected chi connectivity index (χ4v) is 2.01. The maximum absolute atomic E-state index is 14.1. The molecule has 0 spiro atoms. The van der Waals surface area contributed by atoms with Gasteiger partial charge in [-0.25, -0.2) is 17.6 Å². The molecule has 0 saturated carbocycles. The van der Waals surface area contributed by atoms with Gasteiger partial charge in [-0.2, -0.15) is 0 Å². The van der Waals surface area contributed by atoms with E-state index in [4.69, 9.17) is 0 Å². The highest BCUT2D eigenvalue weighted by molar-refractivity contribution is 6.00. The molecular formula is C14H4F4. The van der Waals surface area contributed by atoms with Gasteiger partial charge in [-0.1, -0.05) is 24.3 Å². The van der Waals surface area contributed by atoms with Gasteiger partial charge in [-0.05, 0) is 0 Å². The molecule has 0 atom stereocenters. The Hall–Kier alpha value is -2.10. The molecule has 0 aliphatic carbocycles. The van der Waals surface area contributed by atoms with Crippen molar-refractivity contribution < 1.29 is 17.6 Å². The van der Waals surface area contributed by atoms with E-state index >= 15 is 0 Å². The minimum absolute atomic E-state index is 0.310. The largest absolute Gasteiger partial charge is 0.206 e. The van der Waals surface area contributed by atoms with Crippen LogP contribution in [-0.4, -0.2) is 0 Å². The van der Waals surface area contributed by atoms with Crippen LogP contribution >= 0.6 is 0 Å². The predicted octanol–water partition coefficient (Wildman–Crippen LogP) is 4.15. The minimum Gasteiger partial charge on any atom is -0.206 e. The molecule has 3 rings (SSSR count). The summed E-state index contributed by atoms with van der Waals surface area (Å²) in [6, 6.07) is 8.85. The molecule has 3 aromatic rings. The van der Waals surface area contributed by atoms with E-state index in [2.05, 4.69) is 12.1 Å². The van der Waals surface area contributed by atoms with E-state index in [0.717, 1.165) is 24.3 Å². The highest BCUT2D eigenvalue weighted by atomic mass is 19.1. The molecule has 0 saturated heterocycles. The Kier molecular flexibility index (Phi) is 2.26. The summed E-state index contributed by atoms with van der Waals surface area (Å²) >= 11 is 0. The number of fused-ring (bicyclic) bond motifs is 2. The number of hydrogen-bond acceptors (Lipinski definition) is 0. The molecule has 0 nitrogen and oxygen atoms in total. The third-order valence-corrected chi connectivity index (χ3v) is 2.81. The fraction of sp³-hybridized carbons (Fsp3) is 0. The van der Waals surface area contributed by atoms with Crippen molar-refractivity contribution in [1.82, 2.24) is 0 Å². The summed E-state index contributed by atoms with van der Waals surface area (Å²) in [6.07, 6.45) is 0. The van der Waals surface area contributed by atoms with Crippen LogP contribution in [0.25, 0.3) is 21.5 Å². The van der Waals surface area contributed by atoms with Crippen molar-refractivity contribution in [1.29, 1.82) is 0 Å². The van der Waals surface area contributed by atoms with Crippen LogP contribution in [0.5, 0.6) is 0 Å². The Balaban J connectivity index is 2.70. The van der Waals surface area contributed by atoms with Gasteiger partial charge >= 0.3 is 0 Å². The normalized spacial score (nSPS) is 11.3. The smallest absolute Gasteiger partial charge is 0.142 e. The lowest BCUT2D eigenvalue weighted by Gasteiger charge is -2.08. The van der Waals surface area contributed by atoms with Crippen LogP contribution in [0, 0.1) is 35.4 Å². The molecule has 0 aliphatic heterocycles. The molecule has 0 unspecified atom stereocenters. The summed E-state index contributed by atoms with van der Waals surface area (Å²) in [5.41, 5.74) is 0. The van der Waals surface area contributed by atoms with Crippen molar-refractivity contribution in [3.05, 3.63) is 59.7 Å². The quantitative estimate of drug-likeness (QED) is 0.414. The van der Waals surface area contributed by atoms with Crippen molar-refractivity contribution in [2.45, 2.75) is 0 Å². The molecule has 0 aromatic heterocycles. The van der Waals surface area contributed by atoms with Crippen LogP contribution in [0.15, 0.2) is 24.3 Å². The second-order valence-corrected chi connectivity index (χ2v) is 3.79. The van der Waals surface area contributed by atoms with Gasteiger partial charge in [0.05, 0.1) is 10.8 Å². The number of rotatable bonds is 0. The molecule has 18 heavy (non-hydrogen) atoms. The van der Waals surface area contributed by atoms with E-state index in [9.17, 15) is 17.6 Å². The molecule has 88 valence electrons. The summed E-state index contributed by atoms with van der Waals surface area (Å²) in [5.74, 6) is -4.00. The van der Waals surface area contributed by atoms with Gasteiger partial charge in [0, 0.05) is 22.9 Å². The van der Waals surface area contributed by atoms with Crippen LogP contribution in [0.1, 0.15) is 0 Å². The molecule has 2 radical (unpaired) electrons. The minimum atomic E-state index is -1.00. The first-order valence-corrected chi connectivity index (χ1v) is 5.08. The second-order valence-electron chi connectivity index (χ2n) is 3.79. The molecule has 3 aromatic carbocycles. The maximum Gasteiger partial charge on any atom is 0.142 e. The van der Waals surface area contributed by atoms with Crippen LogP contribution in [0.4, 0.5) is 17.6 Å².